The molecule has 114 valence electrons. The van der Waals surface area contributed by atoms with E-state index in [1.807, 2.05) is 24.3 Å². The minimum atomic E-state index is -1.13. The molecule has 2 amide bonds. The molecule has 0 saturated heterocycles. The molecule has 0 fully saturated rings. The molecule has 0 aromatic heterocycles. The van der Waals surface area contributed by atoms with E-state index in [1.165, 1.54) is 0 Å². The van der Waals surface area contributed by atoms with Gasteiger partial charge >= 0.3 is 0 Å². The van der Waals surface area contributed by atoms with E-state index < -0.39 is 5.41 Å². The topological polar surface area (TPSA) is 67.4 Å². The average Bonchev–Trinajstić information content (AvgIpc) is 2.50. The van der Waals surface area contributed by atoms with Gasteiger partial charge in [-0.3, -0.25) is 9.59 Å². The van der Waals surface area contributed by atoms with Crippen molar-refractivity contribution in [3.63, 3.8) is 0 Å². The van der Waals surface area contributed by atoms with Gasteiger partial charge < -0.3 is 15.4 Å². The molecule has 1 rings (SSSR count). The van der Waals surface area contributed by atoms with Gasteiger partial charge in [-0.2, -0.15) is 0 Å². The van der Waals surface area contributed by atoms with Gasteiger partial charge in [0.05, 0.1) is 7.11 Å². The summed E-state index contributed by atoms with van der Waals surface area (Å²) in [6, 6.07) is 7.38. The van der Waals surface area contributed by atoms with Crippen LogP contribution in [0.25, 0.3) is 0 Å². The van der Waals surface area contributed by atoms with Gasteiger partial charge in [-0.15, -0.1) is 6.58 Å². The highest BCUT2D eigenvalue weighted by Crippen LogP contribution is 2.16. The number of benzene rings is 1. The second-order valence-electron chi connectivity index (χ2n) is 5.15. The van der Waals surface area contributed by atoms with Crippen LogP contribution in [0.4, 0.5) is 0 Å². The lowest BCUT2D eigenvalue weighted by Gasteiger charge is -2.22. The van der Waals surface area contributed by atoms with Gasteiger partial charge in [-0.05, 0) is 31.5 Å². The summed E-state index contributed by atoms with van der Waals surface area (Å²) in [4.78, 5) is 24.1. The minimum Gasteiger partial charge on any atom is -0.497 e. The van der Waals surface area contributed by atoms with Crippen molar-refractivity contribution in [2.75, 3.05) is 13.7 Å². The zero-order chi connectivity index (χ0) is 15.9. The molecular weight excluding hydrogens is 268 g/mol. The summed E-state index contributed by atoms with van der Waals surface area (Å²) < 4.78 is 5.07. The van der Waals surface area contributed by atoms with E-state index in [9.17, 15) is 9.59 Å². The van der Waals surface area contributed by atoms with Crippen molar-refractivity contribution >= 4 is 11.8 Å². The Hall–Kier alpha value is -2.30. The Balaban J connectivity index is 2.58. The summed E-state index contributed by atoms with van der Waals surface area (Å²) in [7, 11) is 1.60. The molecule has 0 atom stereocenters. The largest absolute Gasteiger partial charge is 0.497 e. The Morgan fingerprint density at radius 2 is 1.76 bits per heavy atom. The zero-order valence-electron chi connectivity index (χ0n) is 12.7. The standard InChI is InChI=1S/C16H22N2O3/c1-5-10-17-14(19)16(2,3)15(20)18-11-12-6-8-13(21-4)9-7-12/h5-9H,1,10-11H2,2-4H3,(H,17,19)(H,18,20). The number of hydrogen-bond donors (Lipinski definition) is 2. The van der Waals surface area contributed by atoms with Gasteiger partial charge in [0.2, 0.25) is 11.8 Å². The van der Waals surface area contributed by atoms with Gasteiger partial charge in [0.1, 0.15) is 11.2 Å². The van der Waals surface area contributed by atoms with Crippen LogP contribution in [0.3, 0.4) is 0 Å². The molecule has 0 aliphatic heterocycles. The van der Waals surface area contributed by atoms with E-state index in [0.29, 0.717) is 13.1 Å². The molecule has 0 spiro atoms. The van der Waals surface area contributed by atoms with Crippen molar-refractivity contribution in [1.82, 2.24) is 10.6 Å². The first kappa shape index (κ1) is 16.8. The van der Waals surface area contributed by atoms with Crippen molar-refractivity contribution in [2.45, 2.75) is 20.4 Å². The maximum atomic E-state index is 12.1. The highest BCUT2D eigenvalue weighted by Gasteiger charge is 2.35. The van der Waals surface area contributed by atoms with Crippen molar-refractivity contribution in [3.8, 4) is 5.75 Å². The van der Waals surface area contributed by atoms with Gasteiger partial charge in [0.25, 0.3) is 0 Å². The number of carbonyl (C=O) groups is 2. The predicted octanol–water partition coefficient (Wildman–Crippen LogP) is 1.64. The van der Waals surface area contributed by atoms with Gasteiger partial charge in [-0.25, -0.2) is 0 Å². The quantitative estimate of drug-likeness (QED) is 0.592. The molecule has 0 unspecified atom stereocenters. The van der Waals surface area contributed by atoms with Crippen LogP contribution >= 0.6 is 0 Å². The average molecular weight is 290 g/mol. The highest BCUT2D eigenvalue weighted by molar-refractivity contribution is 6.04. The molecule has 0 bridgehead atoms. The molecule has 0 saturated carbocycles. The predicted molar refractivity (Wildman–Crippen MR) is 81.8 cm³/mol. The van der Waals surface area contributed by atoms with Crippen LogP contribution in [0, 0.1) is 5.41 Å². The smallest absolute Gasteiger partial charge is 0.235 e. The monoisotopic (exact) mass is 290 g/mol. The van der Waals surface area contributed by atoms with Crippen LogP contribution in [0.5, 0.6) is 5.75 Å². The van der Waals surface area contributed by atoms with Crippen LogP contribution in [-0.2, 0) is 16.1 Å². The molecule has 2 N–H and O–H groups in total. The summed E-state index contributed by atoms with van der Waals surface area (Å²) in [5.74, 6) is 0.115. The molecule has 21 heavy (non-hydrogen) atoms. The van der Waals surface area contributed by atoms with Crippen molar-refractivity contribution in [3.05, 3.63) is 42.5 Å². The number of methoxy groups -OCH3 is 1. The van der Waals surface area contributed by atoms with Crippen LogP contribution < -0.4 is 15.4 Å². The maximum absolute atomic E-state index is 12.1. The summed E-state index contributed by atoms with van der Waals surface area (Å²) in [5, 5.41) is 5.40. The summed E-state index contributed by atoms with van der Waals surface area (Å²) in [6.45, 7) is 7.41. The Labute approximate surface area is 125 Å². The second-order valence-corrected chi connectivity index (χ2v) is 5.15. The van der Waals surface area contributed by atoms with Crippen molar-refractivity contribution in [1.29, 1.82) is 0 Å². The van der Waals surface area contributed by atoms with Crippen molar-refractivity contribution < 1.29 is 14.3 Å². The Morgan fingerprint density at radius 3 is 2.29 bits per heavy atom. The highest BCUT2D eigenvalue weighted by atomic mass is 16.5. The fourth-order valence-corrected chi connectivity index (χ4v) is 1.64. The molecular formula is C16H22N2O3. The number of amides is 2. The lowest BCUT2D eigenvalue weighted by atomic mass is 9.91. The molecule has 0 heterocycles. The van der Waals surface area contributed by atoms with E-state index in [1.54, 1.807) is 27.0 Å². The first-order valence-electron chi connectivity index (χ1n) is 6.72. The summed E-state index contributed by atoms with van der Waals surface area (Å²) in [5.41, 5.74) is -0.193. The first-order valence-corrected chi connectivity index (χ1v) is 6.72. The number of nitrogens with one attached hydrogen (secondary N) is 2. The minimum absolute atomic E-state index is 0.320. The van der Waals surface area contributed by atoms with E-state index in [0.717, 1.165) is 11.3 Å². The number of rotatable bonds is 7. The summed E-state index contributed by atoms with van der Waals surface area (Å²) in [6.07, 6.45) is 1.57. The summed E-state index contributed by atoms with van der Waals surface area (Å²) >= 11 is 0. The van der Waals surface area contributed by atoms with E-state index >= 15 is 0 Å². The third-order valence-electron chi connectivity index (χ3n) is 3.15. The Bertz CT molecular complexity index is 507. The van der Waals surface area contributed by atoms with Gasteiger partial charge in [-0.1, -0.05) is 18.2 Å². The fraction of sp³-hybridized carbons (Fsp3) is 0.375. The van der Waals surface area contributed by atoms with Crippen LogP contribution in [-0.4, -0.2) is 25.5 Å². The Kier molecular flexibility index (Phi) is 5.96. The van der Waals surface area contributed by atoms with E-state index in [4.69, 9.17) is 4.74 Å². The van der Waals surface area contributed by atoms with E-state index in [2.05, 4.69) is 17.2 Å². The van der Waals surface area contributed by atoms with Crippen LogP contribution in [0.15, 0.2) is 36.9 Å². The molecule has 5 nitrogen and oxygen atoms in total. The number of carbonyl (C=O) groups excluding carboxylic acids is 2. The molecule has 1 aromatic rings. The number of hydrogen-bond acceptors (Lipinski definition) is 3. The second kappa shape index (κ2) is 7.47. The maximum Gasteiger partial charge on any atom is 0.235 e. The third kappa shape index (κ3) is 4.63. The van der Waals surface area contributed by atoms with E-state index in [-0.39, 0.29) is 11.8 Å². The van der Waals surface area contributed by atoms with Crippen molar-refractivity contribution in [2.24, 2.45) is 5.41 Å². The molecule has 5 heteroatoms. The zero-order valence-corrected chi connectivity index (χ0v) is 12.7. The molecule has 0 aliphatic carbocycles. The van der Waals surface area contributed by atoms with Crippen LogP contribution in [0.1, 0.15) is 19.4 Å². The lowest BCUT2D eigenvalue weighted by molar-refractivity contribution is -0.141. The molecule has 1 aromatic carbocycles. The van der Waals surface area contributed by atoms with Gasteiger partial charge in [0.15, 0.2) is 0 Å². The van der Waals surface area contributed by atoms with Crippen LogP contribution in [0.2, 0.25) is 0 Å². The normalized spacial score (nSPS) is 10.6. The first-order chi connectivity index (χ1) is 9.91. The molecule has 0 radical (unpaired) electrons. The lowest BCUT2D eigenvalue weighted by Crippen LogP contribution is -2.47. The third-order valence-corrected chi connectivity index (χ3v) is 3.15. The van der Waals surface area contributed by atoms with Gasteiger partial charge in [0, 0.05) is 13.1 Å². The number of ether oxygens (including phenoxy) is 1. The fourth-order valence-electron chi connectivity index (χ4n) is 1.64. The molecule has 0 aliphatic rings. The SMILES string of the molecule is C=CCNC(=O)C(C)(C)C(=O)NCc1ccc(OC)cc1. The Morgan fingerprint density at radius 1 is 1.19 bits per heavy atom.